The van der Waals surface area contributed by atoms with Gasteiger partial charge < -0.3 is 21.1 Å². The number of nitrogens with two attached hydrogens (primary N) is 1. The number of aromatic amines is 1. The standard InChI is InChI=1S/C9H14N4O3/c1-3-9(2,8(15)16)13-6-5(10)7(14)12-4-11-6/h4H,3,10H2,1-2H3,(H,15,16)(H2,11,12,13,14). The number of rotatable bonds is 4. The number of H-pyrrole nitrogens is 1. The van der Waals surface area contributed by atoms with Gasteiger partial charge in [-0.15, -0.1) is 0 Å². The molecule has 1 unspecified atom stereocenters. The van der Waals surface area contributed by atoms with Crippen molar-refractivity contribution in [3.8, 4) is 0 Å². The topological polar surface area (TPSA) is 121 Å². The van der Waals surface area contributed by atoms with E-state index in [0.29, 0.717) is 6.42 Å². The first-order chi connectivity index (χ1) is 7.40. The Morgan fingerprint density at radius 3 is 2.88 bits per heavy atom. The Balaban J connectivity index is 3.09. The van der Waals surface area contributed by atoms with Crippen LogP contribution >= 0.6 is 0 Å². The molecule has 1 rings (SSSR count). The first-order valence-corrected chi connectivity index (χ1v) is 4.75. The zero-order chi connectivity index (χ0) is 12.3. The van der Waals surface area contributed by atoms with E-state index in [1.54, 1.807) is 6.92 Å². The summed E-state index contributed by atoms with van der Waals surface area (Å²) in [6, 6.07) is 0. The predicted molar refractivity (Wildman–Crippen MR) is 59.2 cm³/mol. The molecule has 1 heterocycles. The van der Waals surface area contributed by atoms with E-state index in [9.17, 15) is 9.59 Å². The normalized spacial score (nSPS) is 14.1. The third kappa shape index (κ3) is 2.13. The van der Waals surface area contributed by atoms with E-state index in [-0.39, 0.29) is 11.5 Å². The summed E-state index contributed by atoms with van der Waals surface area (Å²) in [5.74, 6) is -0.952. The average molecular weight is 226 g/mol. The Hall–Kier alpha value is -2.05. The van der Waals surface area contributed by atoms with E-state index in [1.807, 2.05) is 0 Å². The number of hydrogen-bond acceptors (Lipinski definition) is 5. The first-order valence-electron chi connectivity index (χ1n) is 4.75. The Morgan fingerprint density at radius 1 is 1.75 bits per heavy atom. The van der Waals surface area contributed by atoms with Crippen LogP contribution in [0.4, 0.5) is 11.5 Å². The maximum absolute atomic E-state index is 11.2. The Bertz CT molecular complexity index is 456. The second-order valence-corrected chi connectivity index (χ2v) is 3.61. The molecule has 0 fully saturated rings. The maximum atomic E-state index is 11.2. The summed E-state index contributed by atoms with van der Waals surface area (Å²) in [5.41, 5.74) is 3.66. The molecular formula is C9H14N4O3. The molecule has 0 bridgehead atoms. The van der Waals surface area contributed by atoms with Crippen LogP contribution < -0.4 is 16.6 Å². The summed E-state index contributed by atoms with van der Waals surface area (Å²) in [7, 11) is 0. The smallest absolute Gasteiger partial charge is 0.329 e. The zero-order valence-electron chi connectivity index (χ0n) is 9.07. The second-order valence-electron chi connectivity index (χ2n) is 3.61. The van der Waals surface area contributed by atoms with Gasteiger partial charge in [-0.1, -0.05) is 6.92 Å². The minimum Gasteiger partial charge on any atom is -0.480 e. The van der Waals surface area contributed by atoms with E-state index < -0.39 is 17.1 Å². The van der Waals surface area contributed by atoms with Gasteiger partial charge in [0.25, 0.3) is 5.56 Å². The highest BCUT2D eigenvalue weighted by Crippen LogP contribution is 2.19. The van der Waals surface area contributed by atoms with Crippen molar-refractivity contribution in [3.05, 3.63) is 16.7 Å². The van der Waals surface area contributed by atoms with Gasteiger partial charge in [0, 0.05) is 0 Å². The molecule has 16 heavy (non-hydrogen) atoms. The number of carboxylic acid groups (broad SMARTS) is 1. The van der Waals surface area contributed by atoms with Crippen LogP contribution in [0, 0.1) is 0 Å². The molecule has 88 valence electrons. The highest BCUT2D eigenvalue weighted by atomic mass is 16.4. The summed E-state index contributed by atoms with van der Waals surface area (Å²) in [4.78, 5) is 28.3. The molecule has 0 amide bonds. The number of anilines is 2. The van der Waals surface area contributed by atoms with Gasteiger partial charge in [0.2, 0.25) is 0 Å². The van der Waals surface area contributed by atoms with Gasteiger partial charge in [-0.25, -0.2) is 9.78 Å². The summed E-state index contributed by atoms with van der Waals surface area (Å²) in [6.45, 7) is 3.21. The Morgan fingerprint density at radius 2 is 2.38 bits per heavy atom. The predicted octanol–water partition coefficient (Wildman–Crippen LogP) is 0.0173. The minimum absolute atomic E-state index is 0.0792. The van der Waals surface area contributed by atoms with E-state index in [4.69, 9.17) is 10.8 Å². The minimum atomic E-state index is -1.20. The maximum Gasteiger partial charge on any atom is 0.329 e. The summed E-state index contributed by atoms with van der Waals surface area (Å²) in [5, 5.41) is 11.7. The highest BCUT2D eigenvalue weighted by molar-refractivity contribution is 5.83. The fourth-order valence-corrected chi connectivity index (χ4v) is 1.06. The van der Waals surface area contributed by atoms with Crippen LogP contribution in [0.5, 0.6) is 0 Å². The lowest BCUT2D eigenvalue weighted by Crippen LogP contribution is -2.43. The third-order valence-electron chi connectivity index (χ3n) is 2.46. The average Bonchev–Trinajstić information content (AvgIpc) is 2.24. The van der Waals surface area contributed by atoms with Gasteiger partial charge in [0.15, 0.2) is 5.82 Å². The Labute approximate surface area is 91.7 Å². The molecule has 1 aromatic rings. The van der Waals surface area contributed by atoms with Gasteiger partial charge >= 0.3 is 5.97 Å². The SMILES string of the molecule is CCC(C)(Nc1nc[nH]c(=O)c1N)C(=O)O. The van der Waals surface area contributed by atoms with Crippen molar-refractivity contribution >= 4 is 17.5 Å². The van der Waals surface area contributed by atoms with E-state index in [2.05, 4.69) is 15.3 Å². The van der Waals surface area contributed by atoms with Crippen molar-refractivity contribution in [1.82, 2.24) is 9.97 Å². The van der Waals surface area contributed by atoms with Crippen LogP contribution in [0.1, 0.15) is 20.3 Å². The zero-order valence-corrected chi connectivity index (χ0v) is 9.07. The van der Waals surface area contributed by atoms with Gasteiger partial charge in [0.1, 0.15) is 11.2 Å². The summed E-state index contributed by atoms with van der Waals surface area (Å²) >= 11 is 0. The largest absolute Gasteiger partial charge is 0.480 e. The number of nitrogens with zero attached hydrogens (tertiary/aromatic N) is 1. The fraction of sp³-hybridized carbons (Fsp3) is 0.444. The molecule has 5 N–H and O–H groups in total. The molecule has 0 aliphatic rings. The molecule has 0 radical (unpaired) electrons. The van der Waals surface area contributed by atoms with Gasteiger partial charge in [-0.3, -0.25) is 4.79 Å². The third-order valence-corrected chi connectivity index (χ3v) is 2.46. The van der Waals surface area contributed by atoms with Gasteiger partial charge in [0.05, 0.1) is 6.33 Å². The fourth-order valence-electron chi connectivity index (χ4n) is 1.06. The van der Waals surface area contributed by atoms with Crippen LogP contribution in [-0.2, 0) is 4.79 Å². The number of aliphatic carboxylic acids is 1. The molecule has 0 aliphatic heterocycles. The van der Waals surface area contributed by atoms with Crippen molar-refractivity contribution in [2.24, 2.45) is 0 Å². The molecule has 0 aliphatic carbocycles. The first kappa shape index (κ1) is 12.0. The Kier molecular flexibility index (Phi) is 3.17. The van der Waals surface area contributed by atoms with Gasteiger partial charge in [-0.05, 0) is 13.3 Å². The molecule has 0 aromatic carbocycles. The second kappa shape index (κ2) is 4.21. The molecule has 7 heteroatoms. The molecule has 7 nitrogen and oxygen atoms in total. The lowest BCUT2D eigenvalue weighted by molar-refractivity contribution is -0.141. The monoisotopic (exact) mass is 226 g/mol. The highest BCUT2D eigenvalue weighted by Gasteiger charge is 2.32. The van der Waals surface area contributed by atoms with Crippen LogP contribution in [0.25, 0.3) is 0 Å². The lowest BCUT2D eigenvalue weighted by Gasteiger charge is -2.25. The van der Waals surface area contributed by atoms with Crippen LogP contribution in [0.15, 0.2) is 11.1 Å². The number of aromatic nitrogens is 2. The molecule has 1 atom stereocenters. The van der Waals surface area contributed by atoms with Crippen LogP contribution in [0.3, 0.4) is 0 Å². The molecule has 1 aromatic heterocycles. The van der Waals surface area contributed by atoms with Crippen LogP contribution in [0.2, 0.25) is 0 Å². The number of nitrogen functional groups attached to an aromatic ring is 1. The molecule has 0 saturated heterocycles. The van der Waals surface area contributed by atoms with E-state index >= 15 is 0 Å². The molecular weight excluding hydrogens is 212 g/mol. The van der Waals surface area contributed by atoms with Crippen molar-refractivity contribution in [2.45, 2.75) is 25.8 Å². The molecule has 0 spiro atoms. The van der Waals surface area contributed by atoms with Crippen molar-refractivity contribution < 1.29 is 9.90 Å². The van der Waals surface area contributed by atoms with E-state index in [1.165, 1.54) is 13.3 Å². The quantitative estimate of drug-likeness (QED) is 0.574. The summed E-state index contributed by atoms with van der Waals surface area (Å²) < 4.78 is 0. The molecule has 0 saturated carbocycles. The van der Waals surface area contributed by atoms with Crippen molar-refractivity contribution in [1.29, 1.82) is 0 Å². The van der Waals surface area contributed by atoms with Crippen LogP contribution in [-0.4, -0.2) is 26.6 Å². The number of carboxylic acids is 1. The van der Waals surface area contributed by atoms with Crippen molar-refractivity contribution in [3.63, 3.8) is 0 Å². The number of hydrogen-bond donors (Lipinski definition) is 4. The number of nitrogens with one attached hydrogen (secondary N) is 2. The van der Waals surface area contributed by atoms with E-state index in [0.717, 1.165) is 0 Å². The lowest BCUT2D eigenvalue weighted by atomic mass is 9.99. The number of carbonyl (C=O) groups is 1. The summed E-state index contributed by atoms with van der Waals surface area (Å²) in [6.07, 6.45) is 1.50. The van der Waals surface area contributed by atoms with Crippen molar-refractivity contribution in [2.75, 3.05) is 11.1 Å². The van der Waals surface area contributed by atoms with Gasteiger partial charge in [-0.2, -0.15) is 0 Å².